The maximum absolute atomic E-state index is 13.6. The van der Waals surface area contributed by atoms with Crippen LogP contribution in [0, 0.1) is 0 Å². The fourth-order valence-electron chi connectivity index (χ4n) is 5.15. The Bertz CT molecular complexity index is 1440. The summed E-state index contributed by atoms with van der Waals surface area (Å²) in [4.78, 5) is 34.5. The molecule has 0 aliphatic carbocycles. The second-order valence-corrected chi connectivity index (χ2v) is 11.5. The molecule has 3 aromatic rings. The van der Waals surface area contributed by atoms with Gasteiger partial charge >= 0.3 is 6.09 Å². The Morgan fingerprint density at radius 1 is 0.951 bits per heavy atom. The number of methoxy groups -OCH3 is 1. The zero-order valence-corrected chi connectivity index (χ0v) is 24.2. The van der Waals surface area contributed by atoms with Gasteiger partial charge in [-0.1, -0.05) is 36.4 Å². The summed E-state index contributed by atoms with van der Waals surface area (Å²) in [6.45, 7) is 9.46. The van der Waals surface area contributed by atoms with Crippen LogP contribution in [0.25, 0.3) is 11.1 Å². The van der Waals surface area contributed by atoms with Crippen molar-refractivity contribution in [1.82, 2.24) is 15.1 Å². The number of ether oxygens (including phenoxy) is 2. The minimum Gasteiger partial charge on any atom is -0.497 e. The van der Waals surface area contributed by atoms with E-state index in [0.29, 0.717) is 38.3 Å². The van der Waals surface area contributed by atoms with Crippen molar-refractivity contribution in [3.63, 3.8) is 0 Å². The van der Waals surface area contributed by atoms with E-state index in [0.717, 1.165) is 34.5 Å². The molecule has 0 saturated carbocycles. The number of nitrogens with one attached hydrogen (secondary N) is 1. The monoisotopic (exact) mass is 554 g/mol. The lowest BCUT2D eigenvalue weighted by atomic mass is 9.98. The molecule has 1 unspecified atom stereocenters. The summed E-state index contributed by atoms with van der Waals surface area (Å²) in [6, 6.07) is 21.6. The third kappa shape index (κ3) is 7.13. The third-order valence-electron chi connectivity index (χ3n) is 7.36. The van der Waals surface area contributed by atoms with Gasteiger partial charge in [0.05, 0.1) is 19.7 Å². The predicted molar refractivity (Wildman–Crippen MR) is 161 cm³/mol. The lowest BCUT2D eigenvalue weighted by Gasteiger charge is -2.37. The van der Waals surface area contributed by atoms with Crippen LogP contribution in [0.1, 0.15) is 53.9 Å². The van der Waals surface area contributed by atoms with Crippen molar-refractivity contribution in [1.29, 1.82) is 0 Å². The molecule has 214 valence electrons. The van der Waals surface area contributed by atoms with Crippen LogP contribution in [-0.2, 0) is 11.3 Å². The summed E-state index contributed by atoms with van der Waals surface area (Å²) < 4.78 is 11.0. The molecule has 41 heavy (non-hydrogen) atoms. The van der Waals surface area contributed by atoms with Crippen LogP contribution in [0.4, 0.5) is 4.79 Å². The molecule has 2 amide bonds. The van der Waals surface area contributed by atoms with E-state index in [9.17, 15) is 9.59 Å². The summed E-state index contributed by atoms with van der Waals surface area (Å²) >= 11 is 0. The fraction of sp³-hybridized carbons (Fsp3) is 0.364. The Labute approximate surface area is 242 Å². The fourth-order valence-corrected chi connectivity index (χ4v) is 5.15. The molecular formula is C33H38N4O4. The van der Waals surface area contributed by atoms with E-state index in [2.05, 4.69) is 33.4 Å². The number of hydrogen-bond donors (Lipinski definition) is 1. The van der Waals surface area contributed by atoms with Crippen LogP contribution >= 0.6 is 0 Å². The van der Waals surface area contributed by atoms with Crippen LogP contribution in [0.15, 0.2) is 71.7 Å². The van der Waals surface area contributed by atoms with Crippen LogP contribution < -0.4 is 10.1 Å². The Hall–Kier alpha value is -4.17. The highest BCUT2D eigenvalue weighted by Gasteiger charge is 2.28. The van der Waals surface area contributed by atoms with Gasteiger partial charge in [0.15, 0.2) is 0 Å². The smallest absolute Gasteiger partial charge is 0.410 e. The standard InChI is InChI=1S/C33H38N4O4/c1-33(2,3)41-32(39)37-15-13-36(14-16-37)22-30(25-8-6-10-29(19-25)40-4)35-31(38)26-9-5-7-23(17-26)24-11-12-27-20-34-21-28(27)18-24/h5-12,17-19,21,30H,13-16,20,22H2,1-4H3,(H,35,38). The van der Waals surface area contributed by atoms with E-state index >= 15 is 0 Å². The van der Waals surface area contributed by atoms with Crippen molar-refractivity contribution in [2.45, 2.75) is 39.0 Å². The molecule has 1 saturated heterocycles. The number of piperazine rings is 1. The Morgan fingerprint density at radius 2 is 1.71 bits per heavy atom. The highest BCUT2D eigenvalue weighted by Crippen LogP contribution is 2.26. The van der Waals surface area contributed by atoms with Crippen LogP contribution in [0.2, 0.25) is 0 Å². The lowest BCUT2D eigenvalue weighted by Crippen LogP contribution is -2.51. The molecule has 5 rings (SSSR count). The highest BCUT2D eigenvalue weighted by molar-refractivity contribution is 5.96. The van der Waals surface area contributed by atoms with Crippen molar-refractivity contribution in [2.24, 2.45) is 4.99 Å². The first kappa shape index (κ1) is 28.4. The van der Waals surface area contributed by atoms with E-state index in [1.807, 2.05) is 75.5 Å². The van der Waals surface area contributed by atoms with E-state index in [1.54, 1.807) is 12.0 Å². The van der Waals surface area contributed by atoms with Gasteiger partial charge in [-0.05, 0) is 78.9 Å². The van der Waals surface area contributed by atoms with Crippen LogP contribution in [0.5, 0.6) is 5.75 Å². The molecule has 0 spiro atoms. The predicted octanol–water partition coefficient (Wildman–Crippen LogP) is 5.32. The van der Waals surface area contributed by atoms with Crippen molar-refractivity contribution in [3.05, 3.63) is 89.0 Å². The quantitative estimate of drug-likeness (QED) is 0.428. The zero-order valence-electron chi connectivity index (χ0n) is 24.2. The maximum Gasteiger partial charge on any atom is 0.410 e. The van der Waals surface area contributed by atoms with Gasteiger partial charge in [-0.15, -0.1) is 0 Å². The molecule has 0 aromatic heterocycles. The van der Waals surface area contributed by atoms with E-state index < -0.39 is 5.60 Å². The van der Waals surface area contributed by atoms with Gasteiger partial charge in [-0.2, -0.15) is 0 Å². The number of nitrogens with zero attached hydrogens (tertiary/aromatic N) is 3. The van der Waals surface area contributed by atoms with Crippen molar-refractivity contribution >= 4 is 18.2 Å². The highest BCUT2D eigenvalue weighted by atomic mass is 16.6. The van der Waals surface area contributed by atoms with Gasteiger partial charge in [-0.25, -0.2) is 4.79 Å². The van der Waals surface area contributed by atoms with Gasteiger partial charge < -0.3 is 19.7 Å². The van der Waals surface area contributed by atoms with Gasteiger partial charge in [-0.3, -0.25) is 14.7 Å². The molecule has 2 aliphatic rings. The van der Waals surface area contributed by atoms with Gasteiger partial charge in [0.2, 0.25) is 0 Å². The molecule has 1 N–H and O–H groups in total. The van der Waals surface area contributed by atoms with Gasteiger partial charge in [0.1, 0.15) is 11.4 Å². The summed E-state index contributed by atoms with van der Waals surface area (Å²) in [5, 5.41) is 3.27. The number of carbonyl (C=O) groups excluding carboxylic acids is 2. The number of benzene rings is 3. The first-order valence-corrected chi connectivity index (χ1v) is 14.1. The first-order valence-electron chi connectivity index (χ1n) is 14.1. The van der Waals surface area contributed by atoms with Crippen molar-refractivity contribution < 1.29 is 19.1 Å². The Kier molecular flexibility index (Phi) is 8.40. The summed E-state index contributed by atoms with van der Waals surface area (Å²) in [5.41, 5.74) is 5.41. The van der Waals surface area contributed by atoms with E-state index in [1.165, 1.54) is 5.56 Å². The van der Waals surface area contributed by atoms with Crippen LogP contribution in [-0.4, -0.2) is 73.4 Å². The number of amides is 2. The second kappa shape index (κ2) is 12.1. The molecule has 8 heteroatoms. The zero-order chi connectivity index (χ0) is 29.0. The molecule has 1 atom stereocenters. The summed E-state index contributed by atoms with van der Waals surface area (Å²) in [6.07, 6.45) is 1.62. The second-order valence-electron chi connectivity index (χ2n) is 11.5. The number of hydrogen-bond acceptors (Lipinski definition) is 6. The molecule has 1 fully saturated rings. The number of rotatable bonds is 7. The topological polar surface area (TPSA) is 83.5 Å². The Morgan fingerprint density at radius 3 is 2.46 bits per heavy atom. The molecule has 0 bridgehead atoms. The average Bonchev–Trinajstić information content (AvgIpc) is 3.44. The van der Waals surface area contributed by atoms with Crippen LogP contribution in [0.3, 0.4) is 0 Å². The SMILES string of the molecule is COc1cccc(C(CN2CCN(C(=O)OC(C)(C)C)CC2)NC(=O)c2cccc(-c3ccc4c(c3)C=NC4)c2)c1. The van der Waals surface area contributed by atoms with Crippen molar-refractivity contribution in [3.8, 4) is 16.9 Å². The summed E-state index contributed by atoms with van der Waals surface area (Å²) in [7, 11) is 1.64. The normalized spacial score (nSPS) is 15.8. The summed E-state index contributed by atoms with van der Waals surface area (Å²) in [5.74, 6) is 0.591. The third-order valence-corrected chi connectivity index (χ3v) is 7.36. The average molecular weight is 555 g/mol. The molecule has 0 radical (unpaired) electrons. The largest absolute Gasteiger partial charge is 0.497 e. The molecule has 3 aromatic carbocycles. The lowest BCUT2D eigenvalue weighted by molar-refractivity contribution is 0.0139. The molecule has 2 heterocycles. The van der Waals surface area contributed by atoms with Crippen molar-refractivity contribution in [2.75, 3.05) is 39.8 Å². The van der Waals surface area contributed by atoms with E-state index in [-0.39, 0.29) is 18.0 Å². The molecule has 2 aliphatic heterocycles. The minimum atomic E-state index is -0.526. The molecule has 8 nitrogen and oxygen atoms in total. The number of aliphatic imine (C=N–C) groups is 1. The Balaban J connectivity index is 1.30. The van der Waals surface area contributed by atoms with E-state index in [4.69, 9.17) is 9.47 Å². The number of carbonyl (C=O) groups is 2. The maximum atomic E-state index is 13.6. The number of fused-ring (bicyclic) bond motifs is 1. The first-order chi connectivity index (χ1) is 19.7. The van der Waals surface area contributed by atoms with Gasteiger partial charge in [0.25, 0.3) is 5.91 Å². The van der Waals surface area contributed by atoms with Gasteiger partial charge in [0, 0.05) is 44.5 Å². The minimum absolute atomic E-state index is 0.144. The molecular weight excluding hydrogens is 516 g/mol.